The number of benzene rings is 1. The summed E-state index contributed by atoms with van der Waals surface area (Å²) in [7, 11) is 0. The molecular weight excluding hydrogens is 281 g/mol. The van der Waals surface area contributed by atoms with Crippen molar-refractivity contribution in [1.82, 2.24) is 4.98 Å². The lowest BCUT2D eigenvalue weighted by atomic mass is 10.0. The lowest BCUT2D eigenvalue weighted by molar-refractivity contribution is 0.628. The predicted molar refractivity (Wildman–Crippen MR) is 88.5 cm³/mol. The van der Waals surface area contributed by atoms with Gasteiger partial charge in [0.05, 0.1) is 0 Å². The maximum Gasteiger partial charge on any atom is 0.138 e. The maximum absolute atomic E-state index is 14.7. The van der Waals surface area contributed by atoms with Gasteiger partial charge in [-0.05, 0) is 24.8 Å². The second kappa shape index (κ2) is 6.27. The predicted octanol–water partition coefficient (Wildman–Crippen LogP) is 5.23. The van der Waals surface area contributed by atoms with Crippen LogP contribution >= 0.6 is 11.8 Å². The van der Waals surface area contributed by atoms with Crippen LogP contribution in [0.4, 0.5) is 4.39 Å². The van der Waals surface area contributed by atoms with Crippen molar-refractivity contribution in [2.24, 2.45) is 0 Å². The fraction of sp³-hybridized carbons (Fsp3) is 0.167. The van der Waals surface area contributed by atoms with Crippen LogP contribution in [0.15, 0.2) is 54.1 Å². The normalized spacial score (nSPS) is 17.7. The van der Waals surface area contributed by atoms with Crippen molar-refractivity contribution in [3.8, 4) is 11.1 Å². The second-order valence-corrected chi connectivity index (χ2v) is 6.14. The molecule has 0 amide bonds. The Balaban J connectivity index is 1.94. The highest BCUT2D eigenvalue weighted by Gasteiger charge is 2.11. The van der Waals surface area contributed by atoms with Gasteiger partial charge in [0.15, 0.2) is 0 Å². The molecule has 21 heavy (non-hydrogen) atoms. The monoisotopic (exact) mass is 297 g/mol. The van der Waals surface area contributed by atoms with Gasteiger partial charge in [0.25, 0.3) is 0 Å². The molecule has 2 heterocycles. The van der Waals surface area contributed by atoms with E-state index in [-0.39, 0.29) is 5.82 Å². The van der Waals surface area contributed by atoms with Gasteiger partial charge < -0.3 is 0 Å². The molecule has 0 fully saturated rings. The molecule has 0 radical (unpaired) electrons. The zero-order chi connectivity index (χ0) is 14.7. The lowest BCUT2D eigenvalue weighted by Gasteiger charge is -2.08. The van der Waals surface area contributed by atoms with Crippen LogP contribution in [0.1, 0.15) is 17.7 Å². The van der Waals surface area contributed by atoms with Gasteiger partial charge in [-0.3, -0.25) is 4.98 Å². The van der Waals surface area contributed by atoms with E-state index in [1.165, 1.54) is 0 Å². The third kappa shape index (κ3) is 3.08. The zero-order valence-electron chi connectivity index (χ0n) is 11.8. The Labute approximate surface area is 128 Å². The third-order valence-corrected chi connectivity index (χ3v) is 4.58. The Kier molecular flexibility index (Phi) is 4.20. The van der Waals surface area contributed by atoms with Crippen molar-refractivity contribution >= 4 is 17.8 Å². The highest BCUT2D eigenvalue weighted by molar-refractivity contribution is 8.03. The lowest BCUT2D eigenvalue weighted by Crippen LogP contribution is -1.94. The standard InChI is InChI=1S/C18H16FNS/c1-13-16(8-3-11-20-13)17-7-2-5-14(18(17)19)9-10-15-6-4-12-21-15/h2-5,7-12,15H,6H2,1H3. The molecule has 1 aliphatic heterocycles. The summed E-state index contributed by atoms with van der Waals surface area (Å²) >= 11 is 1.77. The fourth-order valence-electron chi connectivity index (χ4n) is 2.39. The zero-order valence-corrected chi connectivity index (χ0v) is 12.6. The van der Waals surface area contributed by atoms with Crippen molar-refractivity contribution in [3.63, 3.8) is 0 Å². The molecule has 3 rings (SSSR count). The van der Waals surface area contributed by atoms with Crippen molar-refractivity contribution < 1.29 is 4.39 Å². The topological polar surface area (TPSA) is 12.9 Å². The summed E-state index contributed by atoms with van der Waals surface area (Å²) < 4.78 is 14.7. The van der Waals surface area contributed by atoms with E-state index in [1.54, 1.807) is 18.0 Å². The molecule has 2 aromatic rings. The summed E-state index contributed by atoms with van der Waals surface area (Å²) in [5.41, 5.74) is 2.93. The minimum absolute atomic E-state index is 0.180. The molecule has 1 unspecified atom stereocenters. The number of halogens is 1. The molecule has 0 saturated heterocycles. The first-order valence-corrected chi connectivity index (χ1v) is 7.89. The Morgan fingerprint density at radius 3 is 2.86 bits per heavy atom. The van der Waals surface area contributed by atoms with Crippen LogP contribution in [0, 0.1) is 12.7 Å². The molecule has 1 nitrogen and oxygen atoms in total. The molecule has 1 aromatic heterocycles. The van der Waals surface area contributed by atoms with E-state index in [4.69, 9.17) is 0 Å². The first kappa shape index (κ1) is 14.1. The van der Waals surface area contributed by atoms with Crippen molar-refractivity contribution in [2.75, 3.05) is 0 Å². The molecule has 0 saturated carbocycles. The van der Waals surface area contributed by atoms with E-state index in [0.717, 1.165) is 17.7 Å². The van der Waals surface area contributed by atoms with E-state index in [1.807, 2.05) is 43.3 Å². The minimum Gasteiger partial charge on any atom is -0.261 e. The maximum atomic E-state index is 14.7. The van der Waals surface area contributed by atoms with Crippen molar-refractivity contribution in [3.05, 3.63) is 71.2 Å². The van der Waals surface area contributed by atoms with Crippen LogP contribution < -0.4 is 0 Å². The van der Waals surface area contributed by atoms with Crippen LogP contribution in [0.3, 0.4) is 0 Å². The smallest absolute Gasteiger partial charge is 0.138 e. The fourth-order valence-corrected chi connectivity index (χ4v) is 3.21. The van der Waals surface area contributed by atoms with Gasteiger partial charge in [-0.15, -0.1) is 11.8 Å². The van der Waals surface area contributed by atoms with E-state index in [0.29, 0.717) is 16.4 Å². The van der Waals surface area contributed by atoms with Gasteiger partial charge in [-0.1, -0.05) is 42.5 Å². The van der Waals surface area contributed by atoms with Gasteiger partial charge in [-0.2, -0.15) is 0 Å². The number of allylic oxidation sites excluding steroid dienone is 1. The second-order valence-electron chi connectivity index (χ2n) is 4.99. The van der Waals surface area contributed by atoms with Gasteiger partial charge in [-0.25, -0.2) is 4.39 Å². The molecule has 0 bridgehead atoms. The van der Waals surface area contributed by atoms with Crippen LogP contribution in [0.2, 0.25) is 0 Å². The molecule has 1 aliphatic rings. The number of pyridine rings is 1. The van der Waals surface area contributed by atoms with E-state index in [9.17, 15) is 4.39 Å². The summed E-state index contributed by atoms with van der Waals surface area (Å²) in [5, 5.41) is 2.52. The van der Waals surface area contributed by atoms with Crippen LogP contribution in [-0.2, 0) is 0 Å². The average Bonchev–Trinajstić information content (AvgIpc) is 3.00. The van der Waals surface area contributed by atoms with Gasteiger partial charge in [0.1, 0.15) is 5.82 Å². The highest BCUT2D eigenvalue weighted by Crippen LogP contribution is 2.29. The Morgan fingerprint density at radius 2 is 2.10 bits per heavy atom. The molecule has 0 N–H and O–H groups in total. The van der Waals surface area contributed by atoms with E-state index >= 15 is 0 Å². The molecule has 1 atom stereocenters. The van der Waals surface area contributed by atoms with Gasteiger partial charge in [0, 0.05) is 33.8 Å². The quantitative estimate of drug-likeness (QED) is 0.769. The van der Waals surface area contributed by atoms with E-state index in [2.05, 4.69) is 22.5 Å². The molecular formula is C18H16FNS. The van der Waals surface area contributed by atoms with E-state index < -0.39 is 0 Å². The van der Waals surface area contributed by atoms with Gasteiger partial charge in [0.2, 0.25) is 0 Å². The molecule has 106 valence electrons. The number of aromatic nitrogens is 1. The number of hydrogen-bond acceptors (Lipinski definition) is 2. The summed E-state index contributed by atoms with van der Waals surface area (Å²) in [4.78, 5) is 4.24. The summed E-state index contributed by atoms with van der Waals surface area (Å²) in [5.74, 6) is -0.180. The average molecular weight is 297 g/mol. The third-order valence-electron chi connectivity index (χ3n) is 3.53. The number of thioether (sulfide) groups is 1. The number of rotatable bonds is 3. The summed E-state index contributed by atoms with van der Waals surface area (Å²) in [6.45, 7) is 1.90. The summed E-state index contributed by atoms with van der Waals surface area (Å²) in [6.07, 6.45) is 8.85. The summed E-state index contributed by atoms with van der Waals surface area (Å²) in [6, 6.07) is 9.26. The Morgan fingerprint density at radius 1 is 1.24 bits per heavy atom. The molecule has 0 aliphatic carbocycles. The number of aryl methyl sites for hydroxylation is 1. The molecule has 0 spiro atoms. The van der Waals surface area contributed by atoms with Crippen LogP contribution in [0.25, 0.3) is 17.2 Å². The SMILES string of the molecule is Cc1ncccc1-c1cccc(C=CC2CC=CS2)c1F. The Hall–Kier alpha value is -1.87. The molecule has 1 aromatic carbocycles. The minimum atomic E-state index is -0.180. The first-order valence-electron chi connectivity index (χ1n) is 6.95. The number of nitrogens with zero attached hydrogens (tertiary/aromatic N) is 1. The largest absolute Gasteiger partial charge is 0.261 e. The molecule has 3 heteroatoms. The van der Waals surface area contributed by atoms with Crippen LogP contribution in [-0.4, -0.2) is 10.2 Å². The highest BCUT2D eigenvalue weighted by atomic mass is 32.2. The van der Waals surface area contributed by atoms with Gasteiger partial charge >= 0.3 is 0 Å². The van der Waals surface area contributed by atoms with Crippen LogP contribution in [0.5, 0.6) is 0 Å². The van der Waals surface area contributed by atoms with Crippen molar-refractivity contribution in [2.45, 2.75) is 18.6 Å². The number of hydrogen-bond donors (Lipinski definition) is 0. The van der Waals surface area contributed by atoms with Crippen molar-refractivity contribution in [1.29, 1.82) is 0 Å². The Bertz CT molecular complexity index is 698. The first-order chi connectivity index (χ1) is 10.3.